The molecule has 222 valence electrons. The van der Waals surface area contributed by atoms with E-state index in [1.165, 1.54) is 31.4 Å². The number of nitrogens with zero attached hydrogens (tertiary/aromatic N) is 4. The number of aromatic nitrogens is 2. The molecule has 0 aliphatic carbocycles. The average molecular weight is 560 g/mol. The number of fused-ring (bicyclic) bond motifs is 1. The molecule has 40 heavy (non-hydrogen) atoms. The summed E-state index contributed by atoms with van der Waals surface area (Å²) >= 11 is 0. The highest BCUT2D eigenvalue weighted by atomic mass is 19.0. The normalized spacial score (nSPS) is 20.4. The third-order valence-corrected chi connectivity index (χ3v) is 8.22. The van der Waals surface area contributed by atoms with Crippen LogP contribution in [0, 0.1) is 11.8 Å². The molecule has 10 heteroatoms. The number of rotatable bonds is 5. The van der Waals surface area contributed by atoms with E-state index >= 15 is 0 Å². The van der Waals surface area contributed by atoms with Crippen molar-refractivity contribution in [2.75, 3.05) is 37.7 Å². The minimum atomic E-state index is -0.378. The number of benzene rings is 1. The summed E-state index contributed by atoms with van der Waals surface area (Å²) < 4.78 is 7.00. The maximum atomic E-state index is 12.4. The van der Waals surface area contributed by atoms with Crippen LogP contribution in [0.1, 0.15) is 83.7 Å². The van der Waals surface area contributed by atoms with Crippen LogP contribution in [0.5, 0.6) is 0 Å². The van der Waals surface area contributed by atoms with Gasteiger partial charge in [0.2, 0.25) is 11.8 Å². The quantitative estimate of drug-likeness (QED) is 0.510. The van der Waals surface area contributed by atoms with Crippen LogP contribution in [-0.4, -0.2) is 65.4 Å². The molecule has 0 radical (unpaired) electrons. The van der Waals surface area contributed by atoms with Gasteiger partial charge in [-0.25, -0.2) is 4.79 Å². The predicted molar refractivity (Wildman–Crippen MR) is 155 cm³/mol. The Labute approximate surface area is 236 Å². The lowest BCUT2D eigenvalue weighted by atomic mass is 9.83. The van der Waals surface area contributed by atoms with Gasteiger partial charge < -0.3 is 14.5 Å². The van der Waals surface area contributed by atoms with Gasteiger partial charge in [0, 0.05) is 50.7 Å². The van der Waals surface area contributed by atoms with Crippen molar-refractivity contribution in [2.45, 2.75) is 78.1 Å². The molecule has 0 saturated carbocycles. The summed E-state index contributed by atoms with van der Waals surface area (Å²) in [5.74, 6) is 0.606. The monoisotopic (exact) mass is 559 g/mol. The zero-order valence-corrected chi connectivity index (χ0v) is 24.5. The molecule has 3 aliphatic heterocycles. The summed E-state index contributed by atoms with van der Waals surface area (Å²) in [6.07, 6.45) is 7.71. The molecule has 1 aromatic carbocycles. The molecule has 3 fully saturated rings. The second-order valence-corrected chi connectivity index (χ2v) is 11.2. The molecule has 3 amide bonds. The Balaban J connectivity index is 0.00000106. The first kappa shape index (κ1) is 31.4. The summed E-state index contributed by atoms with van der Waals surface area (Å²) in [5, 5.41) is 8.11. The highest BCUT2D eigenvalue weighted by Crippen LogP contribution is 2.35. The number of anilines is 1. The smallest absolute Gasteiger partial charge is 0.409 e. The van der Waals surface area contributed by atoms with Gasteiger partial charge in [0.25, 0.3) is 0 Å². The Morgan fingerprint density at radius 1 is 1.00 bits per heavy atom. The van der Waals surface area contributed by atoms with E-state index in [-0.39, 0.29) is 28.5 Å². The summed E-state index contributed by atoms with van der Waals surface area (Å²) in [6, 6.07) is 6.41. The van der Waals surface area contributed by atoms with Gasteiger partial charge in [0.15, 0.2) is 0 Å². The van der Waals surface area contributed by atoms with Crippen molar-refractivity contribution in [3.8, 4) is 0 Å². The first-order valence-corrected chi connectivity index (χ1v) is 14.8. The molecule has 3 aliphatic rings. The average Bonchev–Trinajstić information content (AvgIpc) is 3.25. The van der Waals surface area contributed by atoms with Crippen LogP contribution >= 0.6 is 0 Å². The molecule has 1 atom stereocenters. The van der Waals surface area contributed by atoms with Crippen molar-refractivity contribution >= 4 is 34.5 Å². The summed E-state index contributed by atoms with van der Waals surface area (Å²) in [5.41, 5.74) is 2.97. The largest absolute Gasteiger partial charge is 0.450 e. The second-order valence-electron chi connectivity index (χ2n) is 11.2. The van der Waals surface area contributed by atoms with Crippen molar-refractivity contribution in [2.24, 2.45) is 18.9 Å². The minimum absolute atomic E-state index is 0. The fraction of sp³-hybridized carbons (Fsp3) is 0.667. The van der Waals surface area contributed by atoms with E-state index in [1.807, 2.05) is 23.6 Å². The second kappa shape index (κ2) is 14.5. The topological polar surface area (TPSA) is 96.8 Å². The van der Waals surface area contributed by atoms with Crippen LogP contribution in [0.4, 0.5) is 15.2 Å². The molecule has 9 nitrogen and oxygen atoms in total. The fourth-order valence-corrected chi connectivity index (χ4v) is 6.15. The van der Waals surface area contributed by atoms with Crippen molar-refractivity contribution < 1.29 is 23.8 Å². The van der Waals surface area contributed by atoms with Crippen molar-refractivity contribution in [3.05, 3.63) is 23.9 Å². The van der Waals surface area contributed by atoms with E-state index in [0.717, 1.165) is 61.5 Å². The van der Waals surface area contributed by atoms with E-state index < -0.39 is 0 Å². The molecule has 5 rings (SSSR count). The van der Waals surface area contributed by atoms with E-state index in [0.29, 0.717) is 25.4 Å². The number of imide groups is 1. The van der Waals surface area contributed by atoms with Crippen LogP contribution in [0.2, 0.25) is 0 Å². The van der Waals surface area contributed by atoms with Gasteiger partial charge in [0.1, 0.15) is 0 Å². The number of aryl methyl sites for hydroxylation is 1. The van der Waals surface area contributed by atoms with E-state index in [1.54, 1.807) is 0 Å². The highest BCUT2D eigenvalue weighted by molar-refractivity contribution is 6.02. The van der Waals surface area contributed by atoms with E-state index in [2.05, 4.69) is 47.4 Å². The number of amides is 3. The SMILES string of the molecule is CCC.CCOC(=O)N1CCC(CC2CCN(c3ccc4c(C5CCC(=O)NC5=O)nn(C)c4c3)CC2)CC1.F. The summed E-state index contributed by atoms with van der Waals surface area (Å²) in [4.78, 5) is 40.2. The van der Waals surface area contributed by atoms with Crippen molar-refractivity contribution in [1.82, 2.24) is 20.0 Å². The zero-order chi connectivity index (χ0) is 27.9. The molecule has 1 unspecified atom stereocenters. The molecule has 1 N–H and O–H groups in total. The van der Waals surface area contributed by atoms with Crippen LogP contribution in [-0.2, 0) is 21.4 Å². The van der Waals surface area contributed by atoms with Gasteiger partial charge in [-0.05, 0) is 75.5 Å². The lowest BCUT2D eigenvalue weighted by molar-refractivity contribution is -0.134. The molecule has 0 spiro atoms. The van der Waals surface area contributed by atoms with Crippen LogP contribution in [0.25, 0.3) is 10.9 Å². The summed E-state index contributed by atoms with van der Waals surface area (Å²) in [6.45, 7) is 10.2. The molecule has 3 saturated heterocycles. The van der Waals surface area contributed by atoms with Gasteiger partial charge in [-0.3, -0.25) is 24.3 Å². The van der Waals surface area contributed by atoms with Crippen molar-refractivity contribution in [1.29, 1.82) is 0 Å². The lowest BCUT2D eigenvalue weighted by Crippen LogP contribution is -2.40. The standard InChI is InChI=1S/C27H37N5O4.C3H8.FH/c1-3-36-27(35)32-14-10-19(11-15-32)16-18-8-12-31(13-9-18)20-4-5-21-23(17-20)30(2)29-25(21)22-6-7-24(33)28-26(22)34;1-3-2;/h4-5,17-19,22H,3,6-16H2,1-2H3,(H,28,33,34);3H2,1-2H3;1H. The minimum Gasteiger partial charge on any atom is -0.450 e. The van der Waals surface area contributed by atoms with Crippen LogP contribution in [0.3, 0.4) is 0 Å². The number of ether oxygens (including phenoxy) is 1. The fourth-order valence-electron chi connectivity index (χ4n) is 6.15. The first-order chi connectivity index (χ1) is 18.8. The lowest BCUT2D eigenvalue weighted by Gasteiger charge is -2.37. The molecule has 0 bridgehead atoms. The number of hydrogen-bond acceptors (Lipinski definition) is 6. The third-order valence-electron chi connectivity index (χ3n) is 8.22. The van der Waals surface area contributed by atoms with Gasteiger partial charge in [0.05, 0.1) is 23.7 Å². The number of halogens is 1. The Morgan fingerprint density at radius 2 is 1.62 bits per heavy atom. The van der Waals surface area contributed by atoms with E-state index in [9.17, 15) is 14.4 Å². The zero-order valence-electron chi connectivity index (χ0n) is 24.5. The Kier molecular flexibility index (Phi) is 11.3. The number of likely N-dealkylation sites (tertiary alicyclic amines) is 1. The van der Waals surface area contributed by atoms with Crippen molar-refractivity contribution in [3.63, 3.8) is 0 Å². The van der Waals surface area contributed by atoms with E-state index in [4.69, 9.17) is 4.74 Å². The number of carbonyl (C=O) groups excluding carboxylic acids is 3. The number of hydrogen-bond donors (Lipinski definition) is 1. The van der Waals surface area contributed by atoms with Gasteiger partial charge in [-0.15, -0.1) is 0 Å². The van der Waals surface area contributed by atoms with Crippen LogP contribution < -0.4 is 10.2 Å². The molecule has 1 aromatic heterocycles. The number of carbonyl (C=O) groups is 3. The summed E-state index contributed by atoms with van der Waals surface area (Å²) in [7, 11) is 1.92. The number of piperidine rings is 3. The molecule has 4 heterocycles. The molecular weight excluding hydrogens is 513 g/mol. The Morgan fingerprint density at radius 3 is 2.23 bits per heavy atom. The predicted octanol–water partition coefficient (Wildman–Crippen LogP) is 5.14. The molecular formula is C30H46FN5O4. The maximum absolute atomic E-state index is 12.4. The molecule has 2 aromatic rings. The van der Waals surface area contributed by atoms with Gasteiger partial charge in [-0.1, -0.05) is 20.3 Å². The van der Waals surface area contributed by atoms with Gasteiger partial charge >= 0.3 is 6.09 Å². The Hall–Kier alpha value is -3.17. The third kappa shape index (κ3) is 7.31. The first-order valence-electron chi connectivity index (χ1n) is 14.8. The maximum Gasteiger partial charge on any atom is 0.409 e. The Bertz CT molecular complexity index is 1150. The van der Waals surface area contributed by atoms with Crippen LogP contribution in [0.15, 0.2) is 18.2 Å². The van der Waals surface area contributed by atoms with Gasteiger partial charge in [-0.2, -0.15) is 5.10 Å². The number of nitrogens with one attached hydrogen (secondary N) is 1. The highest BCUT2D eigenvalue weighted by Gasteiger charge is 2.32.